The third-order valence-corrected chi connectivity index (χ3v) is 4.38. The molecule has 2 rings (SSSR count). The summed E-state index contributed by atoms with van der Waals surface area (Å²) in [6, 6.07) is 11.2. The van der Waals surface area contributed by atoms with Gasteiger partial charge in [-0.3, -0.25) is 4.99 Å². The first kappa shape index (κ1) is 20.2. The van der Waals surface area contributed by atoms with Gasteiger partial charge in [0.15, 0.2) is 5.96 Å². The maximum Gasteiger partial charge on any atom is 0.191 e. The number of nitrogens with zero attached hydrogens (tertiary/aromatic N) is 2. The maximum absolute atomic E-state index is 4.28. The highest BCUT2D eigenvalue weighted by atomic mass is 127. The Morgan fingerprint density at radius 2 is 2.00 bits per heavy atom. The molecule has 1 aromatic rings. The molecule has 0 aliphatic carbocycles. The summed E-state index contributed by atoms with van der Waals surface area (Å²) >= 11 is 0. The van der Waals surface area contributed by atoms with Gasteiger partial charge < -0.3 is 15.5 Å². The summed E-state index contributed by atoms with van der Waals surface area (Å²) in [5.41, 5.74) is 1.27. The van der Waals surface area contributed by atoms with Gasteiger partial charge in [-0.15, -0.1) is 24.0 Å². The monoisotopic (exact) mass is 430 g/mol. The lowest BCUT2D eigenvalue weighted by Gasteiger charge is -2.33. The van der Waals surface area contributed by atoms with E-state index < -0.39 is 0 Å². The van der Waals surface area contributed by atoms with E-state index in [0.717, 1.165) is 31.5 Å². The first-order valence-electron chi connectivity index (χ1n) is 8.52. The predicted octanol–water partition coefficient (Wildman–Crippen LogP) is 3.23. The maximum atomic E-state index is 4.28. The topological polar surface area (TPSA) is 39.7 Å². The summed E-state index contributed by atoms with van der Waals surface area (Å²) in [6.45, 7) is 6.58. The number of piperidine rings is 1. The average molecular weight is 430 g/mol. The standard InChI is InChI=1S/C18H30N4.HI/c1-16-9-6-7-13-22(16)14-8-12-20-18(19-2)21-15-17-10-4-3-5-11-17;/h3-5,10-11,16H,6-9,12-15H2,1-2H3,(H2,19,20,21);1H. The number of guanidine groups is 1. The summed E-state index contributed by atoms with van der Waals surface area (Å²) in [7, 11) is 1.83. The van der Waals surface area contributed by atoms with Crippen LogP contribution in [0, 0.1) is 0 Å². The van der Waals surface area contributed by atoms with Crippen molar-refractivity contribution in [1.82, 2.24) is 15.5 Å². The van der Waals surface area contributed by atoms with Crippen molar-refractivity contribution in [3.63, 3.8) is 0 Å². The number of benzene rings is 1. The first-order chi connectivity index (χ1) is 10.8. The molecule has 0 amide bonds. The molecule has 1 aromatic carbocycles. The second kappa shape index (κ2) is 11.7. The van der Waals surface area contributed by atoms with E-state index in [2.05, 4.69) is 51.7 Å². The lowest BCUT2D eigenvalue weighted by molar-refractivity contribution is 0.159. The van der Waals surface area contributed by atoms with Crippen LogP contribution in [0.25, 0.3) is 0 Å². The van der Waals surface area contributed by atoms with Crippen molar-refractivity contribution in [1.29, 1.82) is 0 Å². The van der Waals surface area contributed by atoms with Gasteiger partial charge in [0.1, 0.15) is 0 Å². The van der Waals surface area contributed by atoms with Gasteiger partial charge in [-0.1, -0.05) is 36.8 Å². The van der Waals surface area contributed by atoms with Crippen LogP contribution in [0.3, 0.4) is 0 Å². The molecular weight excluding hydrogens is 399 g/mol. The van der Waals surface area contributed by atoms with E-state index in [9.17, 15) is 0 Å². The van der Waals surface area contributed by atoms with Gasteiger partial charge in [0.05, 0.1) is 0 Å². The smallest absolute Gasteiger partial charge is 0.191 e. The van der Waals surface area contributed by atoms with Crippen LogP contribution in [0.15, 0.2) is 35.3 Å². The fraction of sp³-hybridized carbons (Fsp3) is 0.611. The zero-order chi connectivity index (χ0) is 15.6. The minimum absolute atomic E-state index is 0. The quantitative estimate of drug-likeness (QED) is 0.315. The third kappa shape index (κ3) is 7.52. The number of halogens is 1. The van der Waals surface area contributed by atoms with E-state index >= 15 is 0 Å². The minimum atomic E-state index is 0. The molecule has 0 radical (unpaired) electrons. The Labute approximate surface area is 158 Å². The summed E-state index contributed by atoms with van der Waals surface area (Å²) in [6.07, 6.45) is 5.27. The molecule has 1 heterocycles. The zero-order valence-corrected chi connectivity index (χ0v) is 16.8. The van der Waals surface area contributed by atoms with Crippen LogP contribution in [-0.2, 0) is 6.54 Å². The fourth-order valence-electron chi connectivity index (χ4n) is 2.98. The van der Waals surface area contributed by atoms with Gasteiger partial charge in [0, 0.05) is 32.7 Å². The van der Waals surface area contributed by atoms with Crippen molar-refractivity contribution >= 4 is 29.9 Å². The predicted molar refractivity (Wildman–Crippen MR) is 110 cm³/mol. The highest BCUT2D eigenvalue weighted by Crippen LogP contribution is 2.15. The van der Waals surface area contributed by atoms with Crippen molar-refractivity contribution in [3.8, 4) is 0 Å². The molecule has 2 N–H and O–H groups in total. The van der Waals surface area contributed by atoms with E-state index in [1.165, 1.54) is 37.9 Å². The molecule has 1 aliphatic heterocycles. The largest absolute Gasteiger partial charge is 0.356 e. The Morgan fingerprint density at radius 3 is 2.70 bits per heavy atom. The van der Waals surface area contributed by atoms with Gasteiger partial charge in [-0.25, -0.2) is 0 Å². The second-order valence-electron chi connectivity index (χ2n) is 6.07. The summed E-state index contributed by atoms with van der Waals surface area (Å²) in [5, 5.41) is 6.76. The van der Waals surface area contributed by atoms with Gasteiger partial charge >= 0.3 is 0 Å². The van der Waals surface area contributed by atoms with Crippen LogP contribution in [0.5, 0.6) is 0 Å². The van der Waals surface area contributed by atoms with Crippen molar-refractivity contribution in [3.05, 3.63) is 35.9 Å². The van der Waals surface area contributed by atoms with E-state index in [4.69, 9.17) is 0 Å². The summed E-state index contributed by atoms with van der Waals surface area (Å²) < 4.78 is 0. The van der Waals surface area contributed by atoms with Gasteiger partial charge in [-0.2, -0.15) is 0 Å². The molecular formula is C18H31IN4. The number of aliphatic imine (C=N–C) groups is 1. The van der Waals surface area contributed by atoms with E-state index in [1.54, 1.807) is 0 Å². The van der Waals surface area contributed by atoms with E-state index in [-0.39, 0.29) is 24.0 Å². The Bertz CT molecular complexity index is 450. The molecule has 0 spiro atoms. The van der Waals surface area contributed by atoms with Crippen LogP contribution >= 0.6 is 24.0 Å². The number of hydrogen-bond acceptors (Lipinski definition) is 2. The Morgan fingerprint density at radius 1 is 1.22 bits per heavy atom. The third-order valence-electron chi connectivity index (χ3n) is 4.38. The summed E-state index contributed by atoms with van der Waals surface area (Å²) in [4.78, 5) is 6.90. The first-order valence-corrected chi connectivity index (χ1v) is 8.52. The molecule has 1 atom stereocenters. The fourth-order valence-corrected chi connectivity index (χ4v) is 2.98. The van der Waals surface area contributed by atoms with Crippen molar-refractivity contribution in [2.24, 2.45) is 4.99 Å². The number of likely N-dealkylation sites (tertiary alicyclic amines) is 1. The summed E-state index contributed by atoms with van der Waals surface area (Å²) in [5.74, 6) is 0.885. The van der Waals surface area contributed by atoms with Gasteiger partial charge in [0.25, 0.3) is 0 Å². The van der Waals surface area contributed by atoms with Crippen LogP contribution in [0.4, 0.5) is 0 Å². The van der Waals surface area contributed by atoms with Crippen molar-refractivity contribution in [2.75, 3.05) is 26.7 Å². The molecule has 4 nitrogen and oxygen atoms in total. The molecule has 0 bridgehead atoms. The highest BCUT2D eigenvalue weighted by molar-refractivity contribution is 14.0. The number of rotatable bonds is 6. The lowest BCUT2D eigenvalue weighted by atomic mass is 10.0. The zero-order valence-electron chi connectivity index (χ0n) is 14.4. The Hall–Kier alpha value is -0.820. The van der Waals surface area contributed by atoms with Gasteiger partial charge in [0.2, 0.25) is 0 Å². The lowest BCUT2D eigenvalue weighted by Crippen LogP contribution is -2.41. The number of hydrogen-bond donors (Lipinski definition) is 2. The number of nitrogens with one attached hydrogen (secondary N) is 2. The van der Waals surface area contributed by atoms with Crippen molar-refractivity contribution in [2.45, 2.75) is 45.2 Å². The Kier molecular flexibility index (Phi) is 10.3. The van der Waals surface area contributed by atoms with Crippen LogP contribution in [0.1, 0.15) is 38.2 Å². The highest BCUT2D eigenvalue weighted by Gasteiger charge is 2.16. The molecule has 1 fully saturated rings. The molecule has 0 saturated carbocycles. The molecule has 23 heavy (non-hydrogen) atoms. The van der Waals surface area contributed by atoms with Crippen LogP contribution < -0.4 is 10.6 Å². The Balaban J connectivity index is 0.00000264. The SMILES string of the molecule is CN=C(NCCCN1CCCCC1C)NCc1ccccc1.I. The minimum Gasteiger partial charge on any atom is -0.356 e. The molecule has 5 heteroatoms. The molecule has 1 unspecified atom stereocenters. The molecule has 130 valence electrons. The van der Waals surface area contributed by atoms with Gasteiger partial charge in [-0.05, 0) is 38.3 Å². The van der Waals surface area contributed by atoms with Crippen LogP contribution in [0.2, 0.25) is 0 Å². The molecule has 1 saturated heterocycles. The second-order valence-corrected chi connectivity index (χ2v) is 6.07. The van der Waals surface area contributed by atoms with E-state index in [0.29, 0.717) is 0 Å². The normalized spacial score (nSPS) is 19.0. The average Bonchev–Trinajstić information content (AvgIpc) is 2.56. The molecule has 0 aromatic heterocycles. The van der Waals surface area contributed by atoms with Crippen LogP contribution in [-0.4, -0.2) is 43.6 Å². The van der Waals surface area contributed by atoms with E-state index in [1.807, 2.05) is 13.1 Å². The van der Waals surface area contributed by atoms with Crippen molar-refractivity contribution < 1.29 is 0 Å². The molecule has 1 aliphatic rings.